The molecule has 0 fully saturated rings. The van der Waals surface area contributed by atoms with Gasteiger partial charge in [-0.2, -0.15) is 0 Å². The molecule has 0 bridgehead atoms. The summed E-state index contributed by atoms with van der Waals surface area (Å²) in [7, 11) is 0. The lowest BCUT2D eigenvalue weighted by atomic mass is 10.5. The number of nitrogens with zero attached hydrogens (tertiary/aromatic N) is 1. The van der Waals surface area contributed by atoms with E-state index in [1.54, 1.807) is 0 Å². The van der Waals surface area contributed by atoms with Crippen LogP contribution in [0.4, 0.5) is 0 Å². The number of ether oxygens (including phenoxy) is 1. The van der Waals surface area contributed by atoms with Crippen molar-refractivity contribution < 1.29 is 15.7 Å². The second-order valence-corrected chi connectivity index (χ2v) is 2.10. The molecule has 10 heavy (non-hydrogen) atoms. The van der Waals surface area contributed by atoms with E-state index in [-0.39, 0.29) is 10.6 Å². The number of hydrogen-bond acceptors (Lipinski definition) is 2. The van der Waals surface area contributed by atoms with Crippen molar-refractivity contribution in [1.82, 2.24) is 4.98 Å². The molecule has 0 aliphatic carbocycles. The number of pyridine rings is 1. The molecule has 0 aliphatic rings. The average molecular weight is 210 g/mol. The van der Waals surface area contributed by atoms with Crippen molar-refractivity contribution in [3.05, 3.63) is 22.9 Å². The first-order chi connectivity index (χ1) is 7.97. The van der Waals surface area contributed by atoms with Crippen molar-refractivity contribution in [2.45, 2.75) is 6.85 Å². The third-order valence-electron chi connectivity index (χ3n) is 0.688. The maximum Gasteiger partial charge on any atom is 0.138 e. The third-order valence-corrected chi connectivity index (χ3v) is 1.06. The van der Waals surface area contributed by atoms with E-state index in [9.17, 15) is 0 Å². The van der Waals surface area contributed by atoms with Crippen LogP contribution in [0.1, 0.15) is 17.8 Å². The fraction of sp³-hybridized carbons (Fsp3) is 0.286. The normalized spacial score (nSPS) is 23.7. The predicted octanol–water partition coefficient (Wildman–Crippen LogP) is 2.24. The molecule has 0 saturated heterocycles. The minimum Gasteiger partial charge on any atom is -0.492 e. The van der Waals surface area contributed by atoms with E-state index < -0.39 is 31.4 Å². The fourth-order valence-corrected chi connectivity index (χ4v) is 0.651. The molecule has 1 rings (SSSR count). The second kappa shape index (κ2) is 3.56. The zero-order chi connectivity index (χ0) is 14.3. The highest BCUT2D eigenvalue weighted by atomic mass is 79.9. The monoisotopic (exact) mass is 209 g/mol. The fourth-order valence-electron chi connectivity index (χ4n) is 0.383. The Bertz CT molecular complexity index is 473. The molecular formula is C7H8BrNO. The SMILES string of the molecule is [2H]c1nc([2H])c(OC([2H])([2H])C([2H])([2H])[2H])c([2H])c1Br. The Labute approximate surface area is 79.6 Å². The summed E-state index contributed by atoms with van der Waals surface area (Å²) < 4.78 is 62.1. The van der Waals surface area contributed by atoms with Crippen LogP contribution in [0.25, 0.3) is 0 Å². The van der Waals surface area contributed by atoms with Crippen molar-refractivity contribution in [2.75, 3.05) is 6.56 Å². The van der Waals surface area contributed by atoms with E-state index in [0.29, 0.717) is 0 Å². The summed E-state index contributed by atoms with van der Waals surface area (Å²) in [6.45, 7) is -6.12. The molecule has 2 nitrogen and oxygen atoms in total. The minimum atomic E-state index is -3.07. The Balaban J connectivity index is 3.25. The van der Waals surface area contributed by atoms with Crippen LogP contribution in [-0.2, 0) is 0 Å². The van der Waals surface area contributed by atoms with E-state index in [2.05, 4.69) is 25.7 Å². The first kappa shape index (κ1) is 2.21. The summed E-state index contributed by atoms with van der Waals surface area (Å²) in [6.07, 6.45) is -1.05. The summed E-state index contributed by atoms with van der Waals surface area (Å²) in [4.78, 5) is 3.39. The van der Waals surface area contributed by atoms with Gasteiger partial charge in [0.25, 0.3) is 0 Å². The average Bonchev–Trinajstić information content (AvgIpc) is 2.20. The molecule has 0 aliphatic heterocycles. The molecule has 0 saturated carbocycles. The van der Waals surface area contributed by atoms with Gasteiger partial charge in [-0.15, -0.1) is 0 Å². The van der Waals surface area contributed by atoms with Crippen molar-refractivity contribution in [1.29, 1.82) is 0 Å². The van der Waals surface area contributed by atoms with Crippen LogP contribution in [0.15, 0.2) is 22.9 Å². The molecule has 1 aromatic rings. The highest BCUT2D eigenvalue weighted by molar-refractivity contribution is 9.10. The van der Waals surface area contributed by atoms with Gasteiger partial charge in [-0.1, -0.05) is 0 Å². The van der Waals surface area contributed by atoms with Gasteiger partial charge in [-0.05, 0) is 28.8 Å². The van der Waals surface area contributed by atoms with E-state index in [0.717, 1.165) is 0 Å². The Hall–Kier alpha value is -0.570. The Morgan fingerprint density at radius 1 is 2.00 bits per heavy atom. The first-order valence-corrected chi connectivity index (χ1v) is 3.09. The number of halogens is 1. The molecule has 0 amide bonds. The molecule has 1 aromatic heterocycles. The van der Waals surface area contributed by atoms with Gasteiger partial charge >= 0.3 is 0 Å². The van der Waals surface area contributed by atoms with Gasteiger partial charge in [0.15, 0.2) is 0 Å². The summed E-state index contributed by atoms with van der Waals surface area (Å²) in [5.74, 6) is -0.626. The topological polar surface area (TPSA) is 22.1 Å². The van der Waals surface area contributed by atoms with E-state index >= 15 is 0 Å². The van der Waals surface area contributed by atoms with E-state index in [1.165, 1.54) is 0 Å². The molecule has 3 heteroatoms. The van der Waals surface area contributed by atoms with Crippen molar-refractivity contribution >= 4 is 15.9 Å². The molecule has 0 radical (unpaired) electrons. The van der Waals surface area contributed by atoms with Gasteiger partial charge < -0.3 is 4.74 Å². The van der Waals surface area contributed by atoms with Crippen molar-refractivity contribution in [3.8, 4) is 5.75 Å². The molecule has 0 aromatic carbocycles. The molecule has 0 spiro atoms. The van der Waals surface area contributed by atoms with Gasteiger partial charge in [0, 0.05) is 14.8 Å². The quantitative estimate of drug-likeness (QED) is 0.746. The molecule has 0 atom stereocenters. The van der Waals surface area contributed by atoms with Crippen LogP contribution < -0.4 is 4.74 Å². The number of aromatic nitrogens is 1. The number of hydrogen-bond donors (Lipinski definition) is 0. The van der Waals surface area contributed by atoms with Crippen molar-refractivity contribution in [3.63, 3.8) is 0 Å². The summed E-state index contributed by atoms with van der Waals surface area (Å²) in [5.41, 5.74) is 0. The highest BCUT2D eigenvalue weighted by Gasteiger charge is 1.91. The summed E-state index contributed by atoms with van der Waals surface area (Å²) >= 11 is 2.86. The zero-order valence-electron chi connectivity index (χ0n) is 12.7. The lowest BCUT2D eigenvalue weighted by molar-refractivity contribution is 0.338. The molecular weight excluding hydrogens is 194 g/mol. The maximum absolute atomic E-state index is 7.56. The molecule has 0 N–H and O–H groups in total. The van der Waals surface area contributed by atoms with Gasteiger partial charge in [0.2, 0.25) is 0 Å². The summed E-state index contributed by atoms with van der Waals surface area (Å²) in [6, 6.07) is -0.492. The maximum atomic E-state index is 7.56. The van der Waals surface area contributed by atoms with Crippen LogP contribution in [-0.4, -0.2) is 11.5 Å². The largest absolute Gasteiger partial charge is 0.492 e. The number of rotatable bonds is 2. The van der Waals surface area contributed by atoms with Crippen LogP contribution in [0.3, 0.4) is 0 Å². The minimum absolute atomic E-state index is 0.102. The van der Waals surface area contributed by atoms with Crippen LogP contribution in [0.2, 0.25) is 0 Å². The Kier molecular flexibility index (Phi) is 0.786. The lowest BCUT2D eigenvalue weighted by Gasteiger charge is -2.00. The van der Waals surface area contributed by atoms with Gasteiger partial charge in [0.1, 0.15) is 5.75 Å². The highest BCUT2D eigenvalue weighted by Crippen LogP contribution is 2.15. The van der Waals surface area contributed by atoms with Crippen LogP contribution in [0.5, 0.6) is 5.75 Å². The van der Waals surface area contributed by atoms with E-state index in [4.69, 9.17) is 11.0 Å². The molecule has 0 unspecified atom stereocenters. The van der Waals surface area contributed by atoms with E-state index in [1.807, 2.05) is 0 Å². The smallest absolute Gasteiger partial charge is 0.138 e. The van der Waals surface area contributed by atoms with Gasteiger partial charge in [-0.25, -0.2) is 0 Å². The lowest BCUT2D eigenvalue weighted by Crippen LogP contribution is -1.91. The van der Waals surface area contributed by atoms with Crippen LogP contribution >= 0.6 is 15.9 Å². The summed E-state index contributed by atoms with van der Waals surface area (Å²) in [5, 5.41) is 0. The molecule has 1 heterocycles. The standard InChI is InChI=1S/C7H8BrNO/c1-2-10-7-3-6(8)4-9-5-7/h3-5H,2H2,1H3/i1D3,2D2,3D,4D,5D. The second-order valence-electron chi connectivity index (χ2n) is 1.31. The predicted molar refractivity (Wildman–Crippen MR) is 43.1 cm³/mol. The van der Waals surface area contributed by atoms with Gasteiger partial charge in [-0.3, -0.25) is 4.98 Å². The van der Waals surface area contributed by atoms with Gasteiger partial charge in [0.05, 0.1) is 19.6 Å². The third kappa shape index (κ3) is 1.99. The Morgan fingerprint density at radius 3 is 3.70 bits per heavy atom. The van der Waals surface area contributed by atoms with Crippen LogP contribution in [0, 0.1) is 0 Å². The van der Waals surface area contributed by atoms with Crippen molar-refractivity contribution in [2.24, 2.45) is 0 Å². The zero-order valence-corrected chi connectivity index (χ0v) is 6.32. The first-order valence-electron chi connectivity index (χ1n) is 6.29. The Morgan fingerprint density at radius 2 is 2.90 bits per heavy atom. The molecule has 54 valence electrons.